The summed E-state index contributed by atoms with van der Waals surface area (Å²) in [5.74, 6) is -0.653. The Morgan fingerprint density at radius 1 is 1.14 bits per heavy atom. The maximum atomic E-state index is 12.3. The molecule has 7 heteroatoms. The molecule has 0 aliphatic rings. The van der Waals surface area contributed by atoms with Gasteiger partial charge in [0.15, 0.2) is 0 Å². The molecule has 5 nitrogen and oxygen atoms in total. The van der Waals surface area contributed by atoms with Crippen LogP contribution in [-0.4, -0.2) is 39.9 Å². The highest BCUT2D eigenvalue weighted by atomic mass is 28.4. The van der Waals surface area contributed by atoms with Crippen LogP contribution in [0.1, 0.15) is 10.4 Å². The second kappa shape index (κ2) is 6.66. The van der Waals surface area contributed by atoms with Crippen LogP contribution in [0, 0.1) is 0 Å². The van der Waals surface area contributed by atoms with Gasteiger partial charge in [-0.25, -0.2) is 0 Å². The summed E-state index contributed by atoms with van der Waals surface area (Å²) < 4.78 is 6.15. The summed E-state index contributed by atoms with van der Waals surface area (Å²) in [6.45, 7) is 12.3. The lowest BCUT2D eigenvalue weighted by atomic mass is 10.2. The molecule has 0 aromatic heterocycles. The van der Waals surface area contributed by atoms with Crippen LogP contribution in [0.5, 0.6) is 5.75 Å². The van der Waals surface area contributed by atoms with Gasteiger partial charge >= 0.3 is 5.97 Å². The Morgan fingerprint density at radius 2 is 1.73 bits per heavy atom. The number of carbonyl (C=O) groups excluding carboxylic acids is 1. The Balaban J connectivity index is 3.30. The average Bonchev–Trinajstić information content (AvgIpc) is 2.32. The Bertz CT molecular complexity index is 574. The van der Waals surface area contributed by atoms with Gasteiger partial charge in [0.2, 0.25) is 8.32 Å². The van der Waals surface area contributed by atoms with Gasteiger partial charge in [-0.15, -0.1) is 0 Å². The zero-order valence-electron chi connectivity index (χ0n) is 14.1. The third-order valence-corrected chi connectivity index (χ3v) is 5.69. The van der Waals surface area contributed by atoms with Gasteiger partial charge in [0.05, 0.1) is 8.07 Å². The van der Waals surface area contributed by atoms with E-state index in [9.17, 15) is 9.59 Å². The van der Waals surface area contributed by atoms with E-state index < -0.39 is 22.4 Å². The van der Waals surface area contributed by atoms with Crippen LogP contribution in [0.4, 0.5) is 0 Å². The van der Waals surface area contributed by atoms with Crippen molar-refractivity contribution < 1.29 is 19.1 Å². The monoisotopic (exact) mass is 339 g/mol. The first-order valence-corrected chi connectivity index (χ1v) is 14.1. The minimum absolute atomic E-state index is 0.360. The molecule has 22 heavy (non-hydrogen) atoms. The van der Waals surface area contributed by atoms with Gasteiger partial charge in [0.25, 0.3) is 5.91 Å². The van der Waals surface area contributed by atoms with Gasteiger partial charge in [0, 0.05) is 5.56 Å². The van der Waals surface area contributed by atoms with E-state index in [0.29, 0.717) is 5.56 Å². The highest BCUT2D eigenvalue weighted by Gasteiger charge is 2.29. The van der Waals surface area contributed by atoms with E-state index in [1.807, 2.05) is 6.07 Å². The molecule has 2 N–H and O–H groups in total. The number of aliphatic carboxylic acids is 1. The third kappa shape index (κ3) is 5.30. The highest BCUT2D eigenvalue weighted by Crippen LogP contribution is 2.21. The van der Waals surface area contributed by atoms with E-state index in [2.05, 4.69) is 44.6 Å². The lowest BCUT2D eigenvalue weighted by Gasteiger charge is -2.28. The Morgan fingerprint density at radius 3 is 2.18 bits per heavy atom. The SMILES string of the molecule is C[Si](C)(C)Oc1cccc(C(=O)NCC(=O)O)c1[Si](C)(C)C. The van der Waals surface area contributed by atoms with Crippen molar-refractivity contribution in [2.45, 2.75) is 39.3 Å². The molecule has 0 aliphatic heterocycles. The average molecular weight is 340 g/mol. The van der Waals surface area contributed by atoms with E-state index in [-0.39, 0.29) is 12.5 Å². The number of benzene rings is 1. The first-order valence-electron chi connectivity index (χ1n) is 7.24. The molecule has 1 rings (SSSR count). The molecule has 0 spiro atoms. The molecular formula is C15H25NO4Si2. The first kappa shape index (κ1) is 18.4. The smallest absolute Gasteiger partial charge is 0.322 e. The predicted octanol–water partition coefficient (Wildman–Crippen LogP) is 2.26. The van der Waals surface area contributed by atoms with Gasteiger partial charge in [-0.3, -0.25) is 9.59 Å². The maximum Gasteiger partial charge on any atom is 0.322 e. The molecule has 122 valence electrons. The Hall–Kier alpha value is -1.61. The summed E-state index contributed by atoms with van der Waals surface area (Å²) in [5, 5.41) is 12.1. The molecular weight excluding hydrogens is 314 g/mol. The summed E-state index contributed by atoms with van der Waals surface area (Å²) in [6, 6.07) is 5.43. The van der Waals surface area contributed by atoms with E-state index in [0.717, 1.165) is 10.9 Å². The molecule has 1 aromatic rings. The molecule has 0 saturated heterocycles. The van der Waals surface area contributed by atoms with Crippen LogP contribution in [0.2, 0.25) is 39.3 Å². The summed E-state index contributed by atoms with van der Waals surface area (Å²) in [6.07, 6.45) is 0. The van der Waals surface area contributed by atoms with Crippen molar-refractivity contribution in [1.29, 1.82) is 0 Å². The standard InChI is InChI=1S/C15H25NO4Si2/c1-21(2,3)14-11(15(19)16-10-13(17)18)8-7-9-12(14)20-22(4,5)6/h7-9H,10H2,1-6H3,(H,16,19)(H,17,18). The number of nitrogens with one attached hydrogen (secondary N) is 1. The fourth-order valence-corrected chi connectivity index (χ4v) is 4.97. The summed E-state index contributed by atoms with van der Waals surface area (Å²) in [7, 11) is -3.66. The molecule has 0 radical (unpaired) electrons. The molecule has 0 atom stereocenters. The minimum atomic E-state index is -1.85. The van der Waals surface area contributed by atoms with Gasteiger partial charge in [0.1, 0.15) is 12.3 Å². The van der Waals surface area contributed by atoms with E-state index in [1.165, 1.54) is 0 Å². The van der Waals surface area contributed by atoms with Crippen molar-refractivity contribution in [3.05, 3.63) is 23.8 Å². The van der Waals surface area contributed by atoms with Crippen molar-refractivity contribution in [3.8, 4) is 5.75 Å². The van der Waals surface area contributed by atoms with Crippen LogP contribution < -0.4 is 14.9 Å². The number of rotatable bonds is 6. The number of carbonyl (C=O) groups is 2. The van der Waals surface area contributed by atoms with Crippen molar-refractivity contribution in [1.82, 2.24) is 5.32 Å². The number of carboxylic acids is 1. The fraction of sp³-hybridized carbons (Fsp3) is 0.467. The second-order valence-electron chi connectivity index (χ2n) is 7.22. The lowest BCUT2D eigenvalue weighted by Crippen LogP contribution is -2.46. The topological polar surface area (TPSA) is 75.6 Å². The van der Waals surface area contributed by atoms with Crippen molar-refractivity contribution in [3.63, 3.8) is 0 Å². The number of carboxylic acid groups (broad SMARTS) is 1. The normalized spacial score (nSPS) is 11.9. The molecule has 0 aliphatic carbocycles. The Kier molecular flexibility index (Phi) is 5.58. The molecule has 0 bridgehead atoms. The third-order valence-electron chi connectivity index (χ3n) is 2.84. The molecule has 1 amide bonds. The summed E-state index contributed by atoms with van der Waals surface area (Å²) >= 11 is 0. The Labute approximate surface area is 133 Å². The van der Waals surface area contributed by atoms with Crippen LogP contribution in [-0.2, 0) is 4.79 Å². The van der Waals surface area contributed by atoms with E-state index in [4.69, 9.17) is 9.53 Å². The molecule has 1 aromatic carbocycles. The number of amides is 1. The fourth-order valence-electron chi connectivity index (χ4n) is 2.16. The van der Waals surface area contributed by atoms with Gasteiger partial charge in [-0.05, 0) is 37.0 Å². The first-order chi connectivity index (χ1) is 9.92. The largest absolute Gasteiger partial charge is 0.544 e. The zero-order valence-corrected chi connectivity index (χ0v) is 16.1. The quantitative estimate of drug-likeness (QED) is 0.780. The highest BCUT2D eigenvalue weighted by molar-refractivity contribution is 6.90. The number of hydrogen-bond acceptors (Lipinski definition) is 3. The van der Waals surface area contributed by atoms with E-state index in [1.54, 1.807) is 12.1 Å². The zero-order chi connectivity index (χ0) is 17.1. The van der Waals surface area contributed by atoms with Crippen LogP contribution >= 0.6 is 0 Å². The maximum absolute atomic E-state index is 12.3. The summed E-state index contributed by atoms with van der Waals surface area (Å²) in [5.41, 5.74) is 0.524. The molecule has 0 unspecified atom stereocenters. The number of hydrogen-bond donors (Lipinski definition) is 2. The minimum Gasteiger partial charge on any atom is -0.544 e. The lowest BCUT2D eigenvalue weighted by molar-refractivity contribution is -0.135. The summed E-state index contributed by atoms with van der Waals surface area (Å²) in [4.78, 5) is 23.0. The van der Waals surface area contributed by atoms with E-state index >= 15 is 0 Å². The van der Waals surface area contributed by atoms with Crippen LogP contribution in [0.25, 0.3) is 0 Å². The second-order valence-corrected chi connectivity index (χ2v) is 16.6. The van der Waals surface area contributed by atoms with Gasteiger partial charge < -0.3 is 14.8 Å². The van der Waals surface area contributed by atoms with Crippen LogP contribution in [0.15, 0.2) is 18.2 Å². The molecule has 0 saturated carbocycles. The van der Waals surface area contributed by atoms with Crippen molar-refractivity contribution in [2.75, 3.05) is 6.54 Å². The predicted molar refractivity (Wildman–Crippen MR) is 93.4 cm³/mol. The molecule has 0 heterocycles. The van der Waals surface area contributed by atoms with Crippen molar-refractivity contribution >= 4 is 33.5 Å². The van der Waals surface area contributed by atoms with Crippen molar-refractivity contribution in [2.24, 2.45) is 0 Å². The van der Waals surface area contributed by atoms with Gasteiger partial charge in [-0.2, -0.15) is 0 Å². The van der Waals surface area contributed by atoms with Crippen LogP contribution in [0.3, 0.4) is 0 Å². The van der Waals surface area contributed by atoms with Gasteiger partial charge in [-0.1, -0.05) is 25.7 Å². The molecule has 0 fully saturated rings.